The first-order valence-electron chi connectivity index (χ1n) is 7.84. The van der Waals surface area contributed by atoms with Crippen molar-refractivity contribution in [3.8, 4) is 0 Å². The molecule has 1 saturated heterocycles. The molecule has 0 saturated carbocycles. The Morgan fingerprint density at radius 1 is 1.35 bits per heavy atom. The number of nitrogens with zero attached hydrogens (tertiary/aromatic N) is 1. The zero-order valence-electron chi connectivity index (χ0n) is 13.1. The van der Waals surface area contributed by atoms with Gasteiger partial charge < -0.3 is 10.2 Å². The minimum Gasteiger partial charge on any atom is -0.368 e. The second kappa shape index (κ2) is 6.82. The molecule has 112 valence electrons. The lowest BCUT2D eigenvalue weighted by molar-refractivity contribution is 0.492. The molecule has 1 N–H and O–H groups in total. The van der Waals surface area contributed by atoms with Gasteiger partial charge in [0.05, 0.1) is 0 Å². The molecular formula is C17H27ClN2. The fourth-order valence-corrected chi connectivity index (χ4v) is 3.61. The van der Waals surface area contributed by atoms with Gasteiger partial charge in [-0.1, -0.05) is 38.4 Å². The van der Waals surface area contributed by atoms with Gasteiger partial charge in [0.25, 0.3) is 0 Å². The quantitative estimate of drug-likeness (QED) is 0.851. The highest BCUT2D eigenvalue weighted by Gasteiger charge is 2.27. The summed E-state index contributed by atoms with van der Waals surface area (Å²) in [5.41, 5.74) is 2.47. The van der Waals surface area contributed by atoms with Crippen LogP contribution in [0.5, 0.6) is 0 Å². The van der Waals surface area contributed by atoms with Crippen molar-refractivity contribution in [3.05, 3.63) is 28.8 Å². The number of nitrogens with one attached hydrogen (secondary N) is 1. The summed E-state index contributed by atoms with van der Waals surface area (Å²) < 4.78 is 0. The van der Waals surface area contributed by atoms with E-state index in [0.717, 1.165) is 18.1 Å². The van der Waals surface area contributed by atoms with Crippen molar-refractivity contribution in [2.75, 3.05) is 18.0 Å². The standard InChI is InChI=1S/C17H27ClN2/c1-5-19-13(4)15-9-8-14(11-16(15)18)20-10-6-7-17(20)12(2)3/h8-9,11-13,17,19H,5-7,10H2,1-4H3. The Labute approximate surface area is 128 Å². The van der Waals surface area contributed by atoms with Crippen molar-refractivity contribution in [2.45, 2.75) is 52.6 Å². The molecule has 0 aromatic heterocycles. The largest absolute Gasteiger partial charge is 0.368 e. The summed E-state index contributed by atoms with van der Waals surface area (Å²) in [7, 11) is 0. The first kappa shape index (κ1) is 15.7. The van der Waals surface area contributed by atoms with Crippen molar-refractivity contribution >= 4 is 17.3 Å². The van der Waals surface area contributed by atoms with Gasteiger partial charge >= 0.3 is 0 Å². The smallest absolute Gasteiger partial charge is 0.0474 e. The van der Waals surface area contributed by atoms with E-state index >= 15 is 0 Å². The van der Waals surface area contributed by atoms with Gasteiger partial charge in [0.1, 0.15) is 0 Å². The van der Waals surface area contributed by atoms with Crippen LogP contribution in [0.1, 0.15) is 52.1 Å². The Morgan fingerprint density at radius 3 is 2.70 bits per heavy atom. The molecule has 3 heteroatoms. The van der Waals surface area contributed by atoms with Crippen LogP contribution in [0.15, 0.2) is 18.2 Å². The third-order valence-electron chi connectivity index (χ3n) is 4.36. The van der Waals surface area contributed by atoms with E-state index in [1.807, 2.05) is 0 Å². The lowest BCUT2D eigenvalue weighted by atomic mass is 10.0. The highest BCUT2D eigenvalue weighted by molar-refractivity contribution is 6.31. The topological polar surface area (TPSA) is 15.3 Å². The van der Waals surface area contributed by atoms with Crippen LogP contribution in [0.25, 0.3) is 0 Å². The molecule has 0 radical (unpaired) electrons. The Balaban J connectivity index is 2.20. The number of halogens is 1. The average Bonchev–Trinajstić information content (AvgIpc) is 2.88. The molecule has 1 heterocycles. The predicted octanol–water partition coefficient (Wildman–Crippen LogP) is 4.64. The van der Waals surface area contributed by atoms with Crippen LogP contribution in [0, 0.1) is 5.92 Å². The first-order valence-corrected chi connectivity index (χ1v) is 8.21. The van der Waals surface area contributed by atoms with E-state index in [2.05, 4.69) is 56.1 Å². The molecule has 1 fully saturated rings. The lowest BCUT2D eigenvalue weighted by Crippen LogP contribution is -2.33. The fourth-order valence-electron chi connectivity index (χ4n) is 3.27. The first-order chi connectivity index (χ1) is 9.54. The van der Waals surface area contributed by atoms with Crippen molar-refractivity contribution in [2.24, 2.45) is 5.92 Å². The predicted molar refractivity (Wildman–Crippen MR) is 88.7 cm³/mol. The summed E-state index contributed by atoms with van der Waals surface area (Å²) in [4.78, 5) is 2.53. The number of benzene rings is 1. The molecule has 0 aliphatic carbocycles. The van der Waals surface area contributed by atoms with E-state index in [0.29, 0.717) is 18.0 Å². The summed E-state index contributed by atoms with van der Waals surface area (Å²) in [6.07, 6.45) is 2.58. The van der Waals surface area contributed by atoms with Gasteiger partial charge in [0, 0.05) is 29.3 Å². The lowest BCUT2D eigenvalue weighted by Gasteiger charge is -2.30. The van der Waals surface area contributed by atoms with Gasteiger partial charge in [-0.05, 0) is 49.9 Å². The minimum absolute atomic E-state index is 0.307. The summed E-state index contributed by atoms with van der Waals surface area (Å²) in [5.74, 6) is 0.691. The molecule has 2 unspecified atom stereocenters. The molecule has 2 nitrogen and oxygen atoms in total. The number of anilines is 1. The van der Waals surface area contributed by atoms with Crippen molar-refractivity contribution in [3.63, 3.8) is 0 Å². The second-order valence-corrected chi connectivity index (χ2v) is 6.54. The Morgan fingerprint density at radius 2 is 2.10 bits per heavy atom. The van der Waals surface area contributed by atoms with E-state index in [1.54, 1.807) is 0 Å². The third kappa shape index (κ3) is 3.29. The van der Waals surface area contributed by atoms with Crippen LogP contribution in [-0.2, 0) is 0 Å². The Kier molecular flexibility index (Phi) is 5.34. The molecule has 1 aliphatic heterocycles. The Bertz CT molecular complexity index is 445. The molecule has 0 amide bonds. The highest BCUT2D eigenvalue weighted by Crippen LogP contribution is 2.33. The van der Waals surface area contributed by atoms with Gasteiger partial charge in [-0.2, -0.15) is 0 Å². The monoisotopic (exact) mass is 294 g/mol. The van der Waals surface area contributed by atoms with Crippen LogP contribution >= 0.6 is 11.6 Å². The average molecular weight is 295 g/mol. The normalized spacial score (nSPS) is 20.7. The molecule has 2 atom stereocenters. The summed E-state index contributed by atoms with van der Waals surface area (Å²) in [6.45, 7) is 11.0. The van der Waals surface area contributed by atoms with Crippen LogP contribution in [-0.4, -0.2) is 19.1 Å². The summed E-state index contributed by atoms with van der Waals surface area (Å²) in [6, 6.07) is 7.52. The molecular weight excluding hydrogens is 268 g/mol. The van der Waals surface area contributed by atoms with Gasteiger partial charge in [-0.15, -0.1) is 0 Å². The van der Waals surface area contributed by atoms with Crippen LogP contribution in [0.2, 0.25) is 5.02 Å². The number of hydrogen-bond donors (Lipinski definition) is 1. The van der Waals surface area contributed by atoms with E-state index in [1.165, 1.54) is 24.1 Å². The molecule has 1 aliphatic rings. The second-order valence-electron chi connectivity index (χ2n) is 6.13. The summed E-state index contributed by atoms with van der Waals surface area (Å²) in [5, 5.41) is 4.30. The molecule has 2 rings (SSSR count). The third-order valence-corrected chi connectivity index (χ3v) is 4.69. The zero-order valence-corrected chi connectivity index (χ0v) is 13.9. The maximum Gasteiger partial charge on any atom is 0.0474 e. The molecule has 0 spiro atoms. The van der Waals surface area contributed by atoms with Crippen molar-refractivity contribution in [1.29, 1.82) is 0 Å². The fraction of sp³-hybridized carbons (Fsp3) is 0.647. The maximum absolute atomic E-state index is 6.50. The van der Waals surface area contributed by atoms with E-state index < -0.39 is 0 Å². The molecule has 1 aromatic carbocycles. The SMILES string of the molecule is CCNC(C)c1ccc(N2CCCC2C(C)C)cc1Cl. The minimum atomic E-state index is 0.307. The van der Waals surface area contributed by atoms with Gasteiger partial charge in [-0.25, -0.2) is 0 Å². The highest BCUT2D eigenvalue weighted by atomic mass is 35.5. The zero-order chi connectivity index (χ0) is 14.7. The van der Waals surface area contributed by atoms with Crippen LogP contribution < -0.4 is 10.2 Å². The van der Waals surface area contributed by atoms with E-state index in [9.17, 15) is 0 Å². The van der Waals surface area contributed by atoms with Crippen LogP contribution in [0.3, 0.4) is 0 Å². The van der Waals surface area contributed by atoms with E-state index in [4.69, 9.17) is 11.6 Å². The van der Waals surface area contributed by atoms with Gasteiger partial charge in [-0.3, -0.25) is 0 Å². The van der Waals surface area contributed by atoms with Crippen LogP contribution in [0.4, 0.5) is 5.69 Å². The maximum atomic E-state index is 6.50. The van der Waals surface area contributed by atoms with Crippen molar-refractivity contribution in [1.82, 2.24) is 5.32 Å². The Hall–Kier alpha value is -0.730. The van der Waals surface area contributed by atoms with Gasteiger partial charge in [0.2, 0.25) is 0 Å². The molecule has 0 bridgehead atoms. The molecule has 20 heavy (non-hydrogen) atoms. The van der Waals surface area contributed by atoms with Gasteiger partial charge in [0.15, 0.2) is 0 Å². The van der Waals surface area contributed by atoms with Crippen molar-refractivity contribution < 1.29 is 0 Å². The van der Waals surface area contributed by atoms with E-state index in [-0.39, 0.29) is 0 Å². The summed E-state index contributed by atoms with van der Waals surface area (Å²) >= 11 is 6.50. The number of rotatable bonds is 5. The number of hydrogen-bond acceptors (Lipinski definition) is 2. The molecule has 1 aromatic rings.